The van der Waals surface area contributed by atoms with E-state index in [9.17, 15) is 0 Å². The van der Waals surface area contributed by atoms with Crippen molar-refractivity contribution in [2.75, 3.05) is 0 Å². The van der Waals surface area contributed by atoms with Gasteiger partial charge >= 0.3 is 0 Å². The molecule has 0 saturated carbocycles. The molecule has 20 heavy (non-hydrogen) atoms. The topological polar surface area (TPSA) is 38.0 Å². The van der Waals surface area contributed by atoms with E-state index in [4.69, 9.17) is 5.84 Å². The van der Waals surface area contributed by atoms with Crippen LogP contribution in [0.4, 0.5) is 0 Å². The molecule has 106 valence electrons. The van der Waals surface area contributed by atoms with Crippen molar-refractivity contribution in [3.05, 3.63) is 68.7 Å². The van der Waals surface area contributed by atoms with E-state index < -0.39 is 0 Å². The molecule has 3 heteroatoms. The first-order valence-electron chi connectivity index (χ1n) is 6.80. The van der Waals surface area contributed by atoms with E-state index >= 15 is 0 Å². The third-order valence-electron chi connectivity index (χ3n) is 3.86. The van der Waals surface area contributed by atoms with Crippen molar-refractivity contribution < 1.29 is 0 Å². The van der Waals surface area contributed by atoms with Crippen molar-refractivity contribution in [3.8, 4) is 0 Å². The predicted octanol–water partition coefficient (Wildman–Crippen LogP) is 4.12. The molecule has 0 aliphatic rings. The largest absolute Gasteiger partial charge is 0.271 e. The highest BCUT2D eigenvalue weighted by atomic mass is 79.9. The van der Waals surface area contributed by atoms with E-state index in [1.165, 1.54) is 27.8 Å². The summed E-state index contributed by atoms with van der Waals surface area (Å²) in [6, 6.07) is 12.9. The normalized spacial score (nSPS) is 12.4. The molecule has 3 N–H and O–H groups in total. The Morgan fingerprint density at radius 2 is 1.70 bits per heavy atom. The number of rotatable bonds is 4. The minimum atomic E-state index is 0.128. The fourth-order valence-electron chi connectivity index (χ4n) is 2.66. The molecular weight excluding hydrogens is 312 g/mol. The van der Waals surface area contributed by atoms with E-state index in [0.717, 1.165) is 10.9 Å². The van der Waals surface area contributed by atoms with Crippen LogP contribution < -0.4 is 11.3 Å². The lowest BCUT2D eigenvalue weighted by Crippen LogP contribution is -2.30. The average Bonchev–Trinajstić information content (AvgIpc) is 2.40. The Morgan fingerprint density at radius 3 is 2.25 bits per heavy atom. The van der Waals surface area contributed by atoms with Crippen molar-refractivity contribution in [3.63, 3.8) is 0 Å². The van der Waals surface area contributed by atoms with Crippen LogP contribution in [-0.4, -0.2) is 0 Å². The Labute approximate surface area is 129 Å². The number of hydrogen-bond donors (Lipinski definition) is 2. The van der Waals surface area contributed by atoms with E-state index in [1.54, 1.807) is 0 Å². The van der Waals surface area contributed by atoms with Gasteiger partial charge in [0.25, 0.3) is 0 Å². The van der Waals surface area contributed by atoms with Gasteiger partial charge in [-0.3, -0.25) is 11.3 Å². The molecule has 2 aromatic carbocycles. The molecular formula is C17H21BrN2. The molecule has 2 rings (SSSR count). The molecule has 0 spiro atoms. The van der Waals surface area contributed by atoms with Gasteiger partial charge in [0, 0.05) is 4.47 Å². The average molecular weight is 333 g/mol. The second-order valence-corrected chi connectivity index (χ2v) is 6.21. The first-order chi connectivity index (χ1) is 9.52. The molecule has 0 fully saturated rings. The second kappa shape index (κ2) is 6.53. The molecule has 0 heterocycles. The number of hydrogen-bond acceptors (Lipinski definition) is 2. The minimum absolute atomic E-state index is 0.128. The van der Waals surface area contributed by atoms with Crippen molar-refractivity contribution >= 4 is 15.9 Å². The number of hydrazine groups is 1. The van der Waals surface area contributed by atoms with Crippen LogP contribution in [0.2, 0.25) is 0 Å². The monoisotopic (exact) mass is 332 g/mol. The van der Waals surface area contributed by atoms with Crippen LogP contribution in [0.15, 0.2) is 40.9 Å². The lowest BCUT2D eigenvalue weighted by atomic mass is 9.91. The van der Waals surface area contributed by atoms with Gasteiger partial charge in [-0.15, -0.1) is 0 Å². The number of aryl methyl sites for hydroxylation is 3. The highest BCUT2D eigenvalue weighted by molar-refractivity contribution is 9.10. The molecule has 0 aliphatic heterocycles. The molecule has 0 amide bonds. The van der Waals surface area contributed by atoms with Gasteiger partial charge in [-0.05, 0) is 67.1 Å². The maximum Gasteiger partial charge on any atom is 0.0503 e. The van der Waals surface area contributed by atoms with Gasteiger partial charge in [-0.25, -0.2) is 0 Å². The smallest absolute Gasteiger partial charge is 0.0503 e. The third kappa shape index (κ3) is 3.29. The highest BCUT2D eigenvalue weighted by Crippen LogP contribution is 2.26. The first kappa shape index (κ1) is 15.2. The quantitative estimate of drug-likeness (QED) is 0.652. The molecule has 0 radical (unpaired) electrons. The molecule has 0 bridgehead atoms. The van der Waals surface area contributed by atoms with Gasteiger partial charge in [-0.1, -0.05) is 40.2 Å². The van der Waals surface area contributed by atoms with Gasteiger partial charge in [0.15, 0.2) is 0 Å². The lowest BCUT2D eigenvalue weighted by Gasteiger charge is -2.21. The lowest BCUT2D eigenvalue weighted by molar-refractivity contribution is 0.547. The summed E-state index contributed by atoms with van der Waals surface area (Å²) in [7, 11) is 0. The van der Waals surface area contributed by atoms with Gasteiger partial charge in [0.1, 0.15) is 0 Å². The first-order valence-corrected chi connectivity index (χ1v) is 7.59. The summed E-state index contributed by atoms with van der Waals surface area (Å²) in [6.45, 7) is 6.43. The van der Waals surface area contributed by atoms with Crippen molar-refractivity contribution in [2.45, 2.75) is 33.2 Å². The summed E-state index contributed by atoms with van der Waals surface area (Å²) in [6.07, 6.45) is 0.900. The van der Waals surface area contributed by atoms with E-state index in [-0.39, 0.29) is 6.04 Å². The molecule has 0 saturated heterocycles. The van der Waals surface area contributed by atoms with Crippen molar-refractivity contribution in [1.82, 2.24) is 5.43 Å². The molecule has 1 unspecified atom stereocenters. The van der Waals surface area contributed by atoms with Crippen LogP contribution in [0.1, 0.15) is 33.9 Å². The summed E-state index contributed by atoms with van der Waals surface area (Å²) < 4.78 is 1.10. The van der Waals surface area contributed by atoms with Gasteiger partial charge in [0.05, 0.1) is 6.04 Å². The summed E-state index contributed by atoms with van der Waals surface area (Å²) in [4.78, 5) is 0. The molecule has 0 aromatic heterocycles. The highest BCUT2D eigenvalue weighted by Gasteiger charge is 2.15. The Bertz CT molecular complexity index is 588. The summed E-state index contributed by atoms with van der Waals surface area (Å²) >= 11 is 3.51. The van der Waals surface area contributed by atoms with Crippen molar-refractivity contribution in [2.24, 2.45) is 5.84 Å². The summed E-state index contributed by atoms with van der Waals surface area (Å²) in [5.41, 5.74) is 9.47. The molecule has 0 aliphatic carbocycles. The van der Waals surface area contributed by atoms with Gasteiger partial charge < -0.3 is 0 Å². The SMILES string of the molecule is Cc1cc(Br)ccc1C(Cc1c(C)cccc1C)NN. The van der Waals surface area contributed by atoms with E-state index in [1.807, 2.05) is 0 Å². The van der Waals surface area contributed by atoms with Crippen LogP contribution in [0.25, 0.3) is 0 Å². The standard InChI is InChI=1S/C17H21BrN2/c1-11-5-4-6-12(2)16(11)10-17(20-19)15-8-7-14(18)9-13(15)3/h4-9,17,20H,10,19H2,1-3H3. The van der Waals surface area contributed by atoms with Crippen LogP contribution in [0, 0.1) is 20.8 Å². The summed E-state index contributed by atoms with van der Waals surface area (Å²) in [5.74, 6) is 5.80. The van der Waals surface area contributed by atoms with Crippen LogP contribution in [0.3, 0.4) is 0 Å². The molecule has 2 nitrogen and oxygen atoms in total. The number of nitrogens with two attached hydrogens (primary N) is 1. The number of benzene rings is 2. The van der Waals surface area contributed by atoms with Crippen molar-refractivity contribution in [1.29, 1.82) is 0 Å². The van der Waals surface area contributed by atoms with Gasteiger partial charge in [0.2, 0.25) is 0 Å². The zero-order chi connectivity index (χ0) is 14.7. The van der Waals surface area contributed by atoms with E-state index in [2.05, 4.69) is 78.5 Å². The summed E-state index contributed by atoms with van der Waals surface area (Å²) in [5, 5.41) is 0. The Balaban J connectivity index is 2.34. The molecule has 1 atom stereocenters. The molecule has 2 aromatic rings. The van der Waals surface area contributed by atoms with Crippen LogP contribution in [0.5, 0.6) is 0 Å². The van der Waals surface area contributed by atoms with E-state index in [0.29, 0.717) is 0 Å². The minimum Gasteiger partial charge on any atom is -0.271 e. The predicted molar refractivity (Wildman–Crippen MR) is 88.6 cm³/mol. The Kier molecular flexibility index (Phi) is 4.97. The van der Waals surface area contributed by atoms with Crippen LogP contribution >= 0.6 is 15.9 Å². The second-order valence-electron chi connectivity index (χ2n) is 5.29. The zero-order valence-electron chi connectivity index (χ0n) is 12.2. The maximum absolute atomic E-state index is 5.80. The fourth-order valence-corrected chi connectivity index (χ4v) is 3.14. The maximum atomic E-state index is 5.80. The third-order valence-corrected chi connectivity index (χ3v) is 4.35. The van der Waals surface area contributed by atoms with Gasteiger partial charge in [-0.2, -0.15) is 0 Å². The fraction of sp³-hybridized carbons (Fsp3) is 0.294. The number of halogens is 1. The number of nitrogens with one attached hydrogen (secondary N) is 1. The Hall–Kier alpha value is -1.16. The van der Waals surface area contributed by atoms with Crippen LogP contribution in [-0.2, 0) is 6.42 Å². The zero-order valence-corrected chi connectivity index (χ0v) is 13.8. The Morgan fingerprint density at radius 1 is 1.05 bits per heavy atom.